The maximum absolute atomic E-state index is 6.11. The standard InChI is InChI=1S/C23H31N5O/c1-3-4-13-29-23-26-20-19(15-25-21(20)22(24)27-23)14-16-5-7-17(8-6-16)18-9-11-28(2)12-10-18/h5-8,15,18,25H,3-4,9-14H2,1-2H3,(H2,24,26,27). The van der Waals surface area contributed by atoms with Gasteiger partial charge in [-0.15, -0.1) is 0 Å². The first-order valence-electron chi connectivity index (χ1n) is 10.7. The summed E-state index contributed by atoms with van der Waals surface area (Å²) >= 11 is 0. The Morgan fingerprint density at radius 1 is 1.17 bits per heavy atom. The predicted molar refractivity (Wildman–Crippen MR) is 117 cm³/mol. The van der Waals surface area contributed by atoms with E-state index in [4.69, 9.17) is 10.5 Å². The highest BCUT2D eigenvalue weighted by atomic mass is 16.5. The highest BCUT2D eigenvalue weighted by Gasteiger charge is 2.18. The molecule has 0 radical (unpaired) electrons. The molecule has 154 valence electrons. The normalized spacial score (nSPS) is 15.8. The van der Waals surface area contributed by atoms with Crippen LogP contribution >= 0.6 is 0 Å². The fourth-order valence-corrected chi connectivity index (χ4v) is 4.04. The monoisotopic (exact) mass is 393 g/mol. The Labute approximate surface area is 172 Å². The Morgan fingerprint density at radius 2 is 1.93 bits per heavy atom. The minimum absolute atomic E-state index is 0.363. The number of H-pyrrole nitrogens is 1. The van der Waals surface area contributed by atoms with Crippen molar-refractivity contribution in [3.63, 3.8) is 0 Å². The maximum Gasteiger partial charge on any atom is 0.319 e. The molecule has 3 heterocycles. The summed E-state index contributed by atoms with van der Waals surface area (Å²) in [6, 6.07) is 9.44. The summed E-state index contributed by atoms with van der Waals surface area (Å²) in [5.74, 6) is 1.12. The number of rotatable bonds is 7. The number of aromatic nitrogens is 3. The molecule has 1 aliphatic heterocycles. The first kappa shape index (κ1) is 19.7. The lowest BCUT2D eigenvalue weighted by atomic mass is 9.89. The van der Waals surface area contributed by atoms with Crippen molar-refractivity contribution in [2.75, 3.05) is 32.5 Å². The van der Waals surface area contributed by atoms with Gasteiger partial charge < -0.3 is 20.4 Å². The third-order valence-corrected chi connectivity index (χ3v) is 5.90. The lowest BCUT2D eigenvalue weighted by molar-refractivity contribution is 0.255. The predicted octanol–water partition coefficient (Wildman–Crippen LogP) is 4.12. The Hall–Kier alpha value is -2.60. The van der Waals surface area contributed by atoms with Gasteiger partial charge in [0.15, 0.2) is 5.82 Å². The lowest BCUT2D eigenvalue weighted by Crippen LogP contribution is -2.29. The second kappa shape index (κ2) is 8.82. The number of likely N-dealkylation sites (tertiary alicyclic amines) is 1. The molecule has 0 amide bonds. The van der Waals surface area contributed by atoms with Crippen LogP contribution in [0.2, 0.25) is 0 Å². The van der Waals surface area contributed by atoms with Gasteiger partial charge in [0.1, 0.15) is 11.0 Å². The molecular formula is C23H31N5O. The second-order valence-corrected chi connectivity index (χ2v) is 8.13. The summed E-state index contributed by atoms with van der Waals surface area (Å²) in [5, 5.41) is 0. The summed E-state index contributed by atoms with van der Waals surface area (Å²) in [4.78, 5) is 14.5. The van der Waals surface area contributed by atoms with E-state index >= 15 is 0 Å². The molecule has 0 aliphatic carbocycles. The van der Waals surface area contributed by atoms with E-state index in [0.717, 1.165) is 35.9 Å². The van der Waals surface area contributed by atoms with Gasteiger partial charge in [-0.1, -0.05) is 37.6 Å². The molecule has 1 aromatic carbocycles. The Balaban J connectivity index is 1.50. The van der Waals surface area contributed by atoms with Crippen LogP contribution in [0.3, 0.4) is 0 Å². The number of anilines is 1. The summed E-state index contributed by atoms with van der Waals surface area (Å²) in [5.41, 5.74) is 11.6. The topological polar surface area (TPSA) is 80.1 Å². The van der Waals surface area contributed by atoms with E-state index in [2.05, 4.69) is 58.1 Å². The second-order valence-electron chi connectivity index (χ2n) is 8.13. The van der Waals surface area contributed by atoms with Crippen molar-refractivity contribution in [1.82, 2.24) is 19.9 Å². The summed E-state index contributed by atoms with van der Waals surface area (Å²) in [7, 11) is 2.21. The molecule has 0 saturated carbocycles. The smallest absolute Gasteiger partial charge is 0.319 e. The van der Waals surface area contributed by atoms with Crippen LogP contribution in [0.25, 0.3) is 11.0 Å². The number of fused-ring (bicyclic) bond motifs is 1. The van der Waals surface area contributed by atoms with Gasteiger partial charge in [-0.3, -0.25) is 0 Å². The van der Waals surface area contributed by atoms with E-state index < -0.39 is 0 Å². The van der Waals surface area contributed by atoms with Gasteiger partial charge in [-0.2, -0.15) is 9.97 Å². The average Bonchev–Trinajstić information content (AvgIpc) is 3.13. The van der Waals surface area contributed by atoms with Gasteiger partial charge in [0.25, 0.3) is 0 Å². The zero-order valence-corrected chi connectivity index (χ0v) is 17.4. The van der Waals surface area contributed by atoms with Crippen molar-refractivity contribution in [2.45, 2.75) is 44.9 Å². The quantitative estimate of drug-likeness (QED) is 0.590. The van der Waals surface area contributed by atoms with E-state index in [0.29, 0.717) is 24.4 Å². The number of nitrogens with one attached hydrogen (secondary N) is 1. The van der Waals surface area contributed by atoms with Crippen molar-refractivity contribution in [3.8, 4) is 6.01 Å². The van der Waals surface area contributed by atoms with Gasteiger partial charge in [-0.05, 0) is 56.4 Å². The molecule has 0 atom stereocenters. The lowest BCUT2D eigenvalue weighted by Gasteiger charge is -2.29. The largest absolute Gasteiger partial charge is 0.463 e. The minimum Gasteiger partial charge on any atom is -0.463 e. The highest BCUT2D eigenvalue weighted by molar-refractivity contribution is 5.87. The van der Waals surface area contributed by atoms with Crippen LogP contribution in [-0.4, -0.2) is 46.6 Å². The Kier molecular flexibility index (Phi) is 6.00. The van der Waals surface area contributed by atoms with Gasteiger partial charge in [-0.25, -0.2) is 0 Å². The maximum atomic E-state index is 6.11. The number of nitrogens with two attached hydrogens (primary N) is 1. The molecule has 6 heteroatoms. The third kappa shape index (κ3) is 4.53. The van der Waals surface area contributed by atoms with Crippen LogP contribution in [0.4, 0.5) is 5.82 Å². The number of aromatic amines is 1. The van der Waals surface area contributed by atoms with Gasteiger partial charge >= 0.3 is 6.01 Å². The van der Waals surface area contributed by atoms with Crippen molar-refractivity contribution in [2.24, 2.45) is 0 Å². The number of piperidine rings is 1. The van der Waals surface area contributed by atoms with E-state index in [1.54, 1.807) is 0 Å². The molecule has 1 fully saturated rings. The number of hydrogen-bond acceptors (Lipinski definition) is 5. The molecule has 0 unspecified atom stereocenters. The van der Waals surface area contributed by atoms with Gasteiger partial charge in [0.2, 0.25) is 0 Å². The average molecular weight is 394 g/mol. The molecule has 29 heavy (non-hydrogen) atoms. The molecule has 1 saturated heterocycles. The first-order valence-corrected chi connectivity index (χ1v) is 10.7. The van der Waals surface area contributed by atoms with Crippen LogP contribution in [-0.2, 0) is 6.42 Å². The Bertz CT molecular complexity index is 942. The number of unbranched alkanes of at least 4 members (excludes halogenated alkanes) is 1. The molecule has 2 aromatic heterocycles. The number of nitrogens with zero attached hydrogens (tertiary/aromatic N) is 3. The fraction of sp³-hybridized carbons (Fsp3) is 0.478. The Morgan fingerprint density at radius 3 is 2.66 bits per heavy atom. The highest BCUT2D eigenvalue weighted by Crippen LogP contribution is 2.29. The zero-order chi connectivity index (χ0) is 20.2. The van der Waals surface area contributed by atoms with Gasteiger partial charge in [0, 0.05) is 18.2 Å². The molecule has 3 N–H and O–H groups in total. The zero-order valence-electron chi connectivity index (χ0n) is 17.4. The number of ether oxygens (including phenoxy) is 1. The van der Waals surface area contributed by atoms with Crippen molar-refractivity contribution in [1.29, 1.82) is 0 Å². The molecule has 0 bridgehead atoms. The number of hydrogen-bond donors (Lipinski definition) is 2. The minimum atomic E-state index is 0.363. The molecule has 3 aromatic rings. The third-order valence-electron chi connectivity index (χ3n) is 5.90. The van der Waals surface area contributed by atoms with Crippen LogP contribution < -0.4 is 10.5 Å². The van der Waals surface area contributed by atoms with E-state index in [9.17, 15) is 0 Å². The number of benzene rings is 1. The molecule has 0 spiro atoms. The van der Waals surface area contributed by atoms with E-state index in [1.807, 2.05) is 6.20 Å². The molecule has 4 rings (SSSR count). The van der Waals surface area contributed by atoms with Crippen LogP contribution in [0.1, 0.15) is 55.2 Å². The van der Waals surface area contributed by atoms with Gasteiger partial charge in [0.05, 0.1) is 6.61 Å². The van der Waals surface area contributed by atoms with E-state index in [1.165, 1.54) is 37.1 Å². The first-order chi connectivity index (χ1) is 14.1. The summed E-state index contributed by atoms with van der Waals surface area (Å²) < 4.78 is 5.68. The van der Waals surface area contributed by atoms with E-state index in [-0.39, 0.29) is 0 Å². The molecule has 1 aliphatic rings. The van der Waals surface area contributed by atoms with Crippen molar-refractivity contribution in [3.05, 3.63) is 47.2 Å². The summed E-state index contributed by atoms with van der Waals surface area (Å²) in [6.45, 7) is 5.11. The van der Waals surface area contributed by atoms with Crippen LogP contribution in [0, 0.1) is 0 Å². The fourth-order valence-electron chi connectivity index (χ4n) is 4.04. The van der Waals surface area contributed by atoms with Crippen LogP contribution in [0.15, 0.2) is 30.5 Å². The SMILES string of the molecule is CCCCOc1nc(N)c2[nH]cc(Cc3ccc(C4CCN(C)CC4)cc3)c2n1. The molecule has 6 nitrogen and oxygen atoms in total. The molecular weight excluding hydrogens is 362 g/mol. The van der Waals surface area contributed by atoms with Crippen molar-refractivity contribution >= 4 is 16.9 Å². The van der Waals surface area contributed by atoms with Crippen LogP contribution in [0.5, 0.6) is 6.01 Å². The van der Waals surface area contributed by atoms with Crippen molar-refractivity contribution < 1.29 is 4.74 Å². The number of nitrogen functional groups attached to an aromatic ring is 1. The summed E-state index contributed by atoms with van der Waals surface area (Å²) in [6.07, 6.45) is 7.32.